The molecule has 1 rings (SSSR count). The largest absolute Gasteiger partial charge is 0.441 e. The lowest BCUT2D eigenvalue weighted by Crippen LogP contribution is -2.17. The predicted molar refractivity (Wildman–Crippen MR) is 72.9 cm³/mol. The Labute approximate surface area is 109 Å². The van der Waals surface area contributed by atoms with Crippen LogP contribution in [-0.2, 0) is 0 Å². The summed E-state index contributed by atoms with van der Waals surface area (Å²) < 4.78 is 5.69. The summed E-state index contributed by atoms with van der Waals surface area (Å²) in [5.41, 5.74) is -0.999. The van der Waals surface area contributed by atoms with Gasteiger partial charge >= 0.3 is 0 Å². The lowest BCUT2D eigenvalue weighted by atomic mass is 10.1. The van der Waals surface area contributed by atoms with Gasteiger partial charge in [-0.05, 0) is 26.0 Å². The molecule has 0 aliphatic rings. The van der Waals surface area contributed by atoms with E-state index < -0.39 is 5.60 Å². The van der Waals surface area contributed by atoms with Crippen molar-refractivity contribution in [3.05, 3.63) is 42.3 Å². The topological polar surface area (TPSA) is 32.7 Å². The van der Waals surface area contributed by atoms with E-state index in [9.17, 15) is 5.11 Å². The summed E-state index contributed by atoms with van der Waals surface area (Å²) in [6.07, 6.45) is 1.64. The molecule has 0 aromatic heterocycles. The van der Waals surface area contributed by atoms with Crippen LogP contribution >= 0.6 is 0 Å². The van der Waals surface area contributed by atoms with Gasteiger partial charge in [-0.15, -0.1) is 0 Å². The molecule has 0 aliphatic heterocycles. The smallest absolute Gasteiger partial charge is 0.203 e. The SMILES string of the molecule is CN(C)C(=CC#CC(C)(C)O)Oc1ccccc1. The minimum Gasteiger partial charge on any atom is -0.441 e. The third-order valence-corrected chi connectivity index (χ3v) is 1.98. The standard InChI is InChI=1S/C15H19NO2/c1-15(2,17)12-8-11-14(16(3)4)18-13-9-6-5-7-10-13/h5-7,9-11,17H,1-4H3. The molecular weight excluding hydrogens is 226 g/mol. The molecule has 0 bridgehead atoms. The first-order valence-corrected chi connectivity index (χ1v) is 5.74. The molecule has 0 radical (unpaired) electrons. The minimum absolute atomic E-state index is 0.623. The van der Waals surface area contributed by atoms with Gasteiger partial charge in [-0.3, -0.25) is 0 Å². The average Bonchev–Trinajstić information content (AvgIpc) is 2.27. The van der Waals surface area contributed by atoms with Crippen LogP contribution in [0, 0.1) is 11.8 Å². The van der Waals surface area contributed by atoms with Crippen LogP contribution in [0.2, 0.25) is 0 Å². The van der Waals surface area contributed by atoms with Crippen molar-refractivity contribution < 1.29 is 9.84 Å². The number of rotatable bonds is 3. The molecule has 0 unspecified atom stereocenters. The highest BCUT2D eigenvalue weighted by atomic mass is 16.5. The van der Waals surface area contributed by atoms with Crippen molar-refractivity contribution in [1.29, 1.82) is 0 Å². The number of hydrogen-bond acceptors (Lipinski definition) is 3. The van der Waals surface area contributed by atoms with Crippen molar-refractivity contribution in [1.82, 2.24) is 4.90 Å². The van der Waals surface area contributed by atoms with Crippen LogP contribution in [0.1, 0.15) is 13.8 Å². The van der Waals surface area contributed by atoms with Crippen LogP contribution < -0.4 is 4.74 Å². The highest BCUT2D eigenvalue weighted by molar-refractivity contribution is 5.27. The summed E-state index contributed by atoms with van der Waals surface area (Å²) in [7, 11) is 3.75. The summed E-state index contributed by atoms with van der Waals surface area (Å²) in [5.74, 6) is 6.89. The molecule has 3 heteroatoms. The average molecular weight is 245 g/mol. The quantitative estimate of drug-likeness (QED) is 0.655. The van der Waals surface area contributed by atoms with Gasteiger partial charge in [0.25, 0.3) is 0 Å². The number of allylic oxidation sites excluding steroid dienone is 1. The van der Waals surface area contributed by atoms with Crippen LogP contribution in [0.25, 0.3) is 0 Å². The summed E-state index contributed by atoms with van der Waals surface area (Å²) in [4.78, 5) is 1.83. The van der Waals surface area contributed by atoms with Gasteiger partial charge in [-0.1, -0.05) is 30.0 Å². The first-order valence-electron chi connectivity index (χ1n) is 5.74. The molecule has 96 valence electrons. The van der Waals surface area contributed by atoms with Crippen molar-refractivity contribution >= 4 is 0 Å². The Hall–Kier alpha value is -1.92. The van der Waals surface area contributed by atoms with E-state index in [0.29, 0.717) is 5.88 Å². The Morgan fingerprint density at radius 3 is 2.39 bits per heavy atom. The van der Waals surface area contributed by atoms with Gasteiger partial charge in [0.2, 0.25) is 5.88 Å². The van der Waals surface area contributed by atoms with Gasteiger partial charge in [0.05, 0.1) is 0 Å². The van der Waals surface area contributed by atoms with E-state index in [1.807, 2.05) is 49.3 Å². The van der Waals surface area contributed by atoms with Crippen molar-refractivity contribution in [3.63, 3.8) is 0 Å². The summed E-state index contributed by atoms with van der Waals surface area (Å²) in [5, 5.41) is 9.50. The van der Waals surface area contributed by atoms with Crippen molar-refractivity contribution in [2.45, 2.75) is 19.4 Å². The van der Waals surface area contributed by atoms with Crippen molar-refractivity contribution in [2.75, 3.05) is 14.1 Å². The lowest BCUT2D eigenvalue weighted by Gasteiger charge is -2.16. The maximum absolute atomic E-state index is 9.50. The normalized spacial score (nSPS) is 11.5. The number of benzene rings is 1. The van der Waals surface area contributed by atoms with Gasteiger partial charge in [0.1, 0.15) is 11.4 Å². The molecule has 1 aromatic carbocycles. The molecule has 0 amide bonds. The molecule has 0 fully saturated rings. The lowest BCUT2D eigenvalue weighted by molar-refractivity contribution is 0.143. The van der Waals surface area contributed by atoms with E-state index in [4.69, 9.17) is 4.74 Å². The molecule has 18 heavy (non-hydrogen) atoms. The van der Waals surface area contributed by atoms with Crippen LogP contribution in [0.4, 0.5) is 0 Å². The van der Waals surface area contributed by atoms with Crippen LogP contribution in [0.3, 0.4) is 0 Å². The molecule has 0 spiro atoms. The van der Waals surface area contributed by atoms with Gasteiger partial charge < -0.3 is 14.7 Å². The zero-order valence-electron chi connectivity index (χ0n) is 11.3. The van der Waals surface area contributed by atoms with E-state index in [0.717, 1.165) is 5.75 Å². The van der Waals surface area contributed by atoms with Crippen LogP contribution in [0.15, 0.2) is 42.3 Å². The Morgan fingerprint density at radius 1 is 1.28 bits per heavy atom. The van der Waals surface area contributed by atoms with Gasteiger partial charge in [-0.2, -0.15) is 0 Å². The number of nitrogens with zero attached hydrogens (tertiary/aromatic N) is 1. The molecule has 0 aliphatic carbocycles. The van der Waals surface area contributed by atoms with Crippen molar-refractivity contribution in [2.24, 2.45) is 0 Å². The summed E-state index contributed by atoms with van der Waals surface area (Å²) in [6, 6.07) is 9.50. The monoisotopic (exact) mass is 245 g/mol. The van der Waals surface area contributed by atoms with E-state index in [2.05, 4.69) is 11.8 Å². The van der Waals surface area contributed by atoms with Crippen molar-refractivity contribution in [3.8, 4) is 17.6 Å². The number of ether oxygens (including phenoxy) is 1. The first kappa shape index (κ1) is 14.1. The summed E-state index contributed by atoms with van der Waals surface area (Å²) >= 11 is 0. The second kappa shape index (κ2) is 6.13. The highest BCUT2D eigenvalue weighted by Crippen LogP contribution is 2.13. The van der Waals surface area contributed by atoms with E-state index >= 15 is 0 Å². The Morgan fingerprint density at radius 2 is 1.89 bits per heavy atom. The van der Waals surface area contributed by atoms with Gasteiger partial charge in [0, 0.05) is 20.2 Å². The molecule has 0 saturated carbocycles. The fraction of sp³-hybridized carbons (Fsp3) is 0.333. The molecule has 3 nitrogen and oxygen atoms in total. The summed E-state index contributed by atoms with van der Waals surface area (Å²) in [6.45, 7) is 3.28. The third-order valence-electron chi connectivity index (χ3n) is 1.98. The Balaban J connectivity index is 2.83. The Bertz CT molecular complexity index is 459. The maximum atomic E-state index is 9.50. The first-order chi connectivity index (χ1) is 8.38. The maximum Gasteiger partial charge on any atom is 0.203 e. The fourth-order valence-electron chi connectivity index (χ4n) is 1.13. The second-order valence-corrected chi connectivity index (χ2v) is 4.62. The second-order valence-electron chi connectivity index (χ2n) is 4.62. The molecule has 0 heterocycles. The van der Waals surface area contributed by atoms with Crippen LogP contribution in [-0.4, -0.2) is 29.7 Å². The van der Waals surface area contributed by atoms with E-state index in [1.165, 1.54) is 0 Å². The van der Waals surface area contributed by atoms with Gasteiger partial charge in [-0.25, -0.2) is 0 Å². The molecule has 0 saturated heterocycles. The van der Waals surface area contributed by atoms with Crippen LogP contribution in [0.5, 0.6) is 5.75 Å². The number of aliphatic hydroxyl groups is 1. The van der Waals surface area contributed by atoms with E-state index in [-0.39, 0.29) is 0 Å². The highest BCUT2D eigenvalue weighted by Gasteiger charge is 2.06. The minimum atomic E-state index is -0.999. The fourth-order valence-corrected chi connectivity index (χ4v) is 1.13. The van der Waals surface area contributed by atoms with Gasteiger partial charge in [0.15, 0.2) is 0 Å². The third kappa shape index (κ3) is 5.42. The zero-order chi connectivity index (χ0) is 13.6. The number of hydrogen-bond donors (Lipinski definition) is 1. The Kier molecular flexibility index (Phi) is 4.82. The molecule has 1 N–H and O–H groups in total. The predicted octanol–water partition coefficient (Wildman–Crippen LogP) is 2.24. The molecule has 1 aromatic rings. The zero-order valence-corrected chi connectivity index (χ0v) is 11.3. The van der Waals surface area contributed by atoms with E-state index in [1.54, 1.807) is 19.9 Å². The molecular formula is C15H19NO2. The molecule has 0 atom stereocenters. The number of para-hydroxylation sites is 1.